The van der Waals surface area contributed by atoms with Gasteiger partial charge in [0.2, 0.25) is 0 Å². The monoisotopic (exact) mass is 616 g/mol. The maximum Gasteiger partial charge on any atom is 0.407 e. The predicted molar refractivity (Wildman–Crippen MR) is 170 cm³/mol. The minimum atomic E-state index is -1.83. The first-order valence-electron chi connectivity index (χ1n) is 15.7. The fourth-order valence-electron chi connectivity index (χ4n) is 6.83. The molecular weight excluding hydrogens is 557 g/mol. The Bertz CT molecular complexity index is 788. The quantitative estimate of drug-likeness (QED) is 0.127. The summed E-state index contributed by atoms with van der Waals surface area (Å²) in [7, 11) is -4.72. The average molecular weight is 617 g/mol. The largest absolute Gasteiger partial charge is 0.456 e. The van der Waals surface area contributed by atoms with Crippen molar-refractivity contribution >= 4 is 36.9 Å². The van der Waals surface area contributed by atoms with Gasteiger partial charge in [-0.3, -0.25) is 0 Å². The summed E-state index contributed by atoms with van der Waals surface area (Å²) in [4.78, 5) is 24.7. The van der Waals surface area contributed by atoms with Crippen LogP contribution in [0.2, 0.25) is 57.5 Å². The van der Waals surface area contributed by atoms with E-state index in [2.05, 4.69) is 56.5 Å². The number of rotatable bonds is 18. The van der Waals surface area contributed by atoms with E-state index in [0.717, 1.165) is 24.3 Å². The Morgan fingerprint density at radius 1 is 0.875 bits per heavy atom. The van der Waals surface area contributed by atoms with E-state index >= 15 is 0 Å². The van der Waals surface area contributed by atoms with Crippen LogP contribution in [-0.2, 0) is 18.3 Å². The van der Waals surface area contributed by atoms with Crippen molar-refractivity contribution in [1.29, 1.82) is 0 Å². The van der Waals surface area contributed by atoms with Crippen LogP contribution < -0.4 is 10.6 Å². The van der Waals surface area contributed by atoms with Gasteiger partial charge in [0, 0.05) is 27.8 Å². The van der Waals surface area contributed by atoms with E-state index in [-0.39, 0.29) is 13.2 Å². The van der Waals surface area contributed by atoms with Gasteiger partial charge in [0.1, 0.15) is 13.2 Å². The van der Waals surface area contributed by atoms with E-state index < -0.39 is 42.3 Å². The molecule has 0 aliphatic heterocycles. The molecule has 5 atom stereocenters. The molecule has 2 aliphatic carbocycles. The molecule has 0 aromatic heterocycles. The third-order valence-corrected chi connectivity index (χ3v) is 21.4. The van der Waals surface area contributed by atoms with Gasteiger partial charge in [0.05, 0.1) is 12.0 Å². The first-order valence-corrected chi connectivity index (χ1v) is 25.6. The molecule has 0 saturated heterocycles. The standard InChI is InChI=1S/C29H60N2O6Si3/c1-10-29(21-35-27(32)30-11-2,22-36-28(33)31-19-26-18-24-13-14-25(26)17-24)20-34-15-12-16-40(9,23-38(3,4)5)37-39(6,7)8/h24-26H,10-23H2,1-9H3,(H,30,32)(H,31,33). The second-order valence-corrected chi connectivity index (χ2v) is 29.9. The summed E-state index contributed by atoms with van der Waals surface area (Å²) < 4.78 is 24.3. The minimum Gasteiger partial charge on any atom is -0.456 e. The van der Waals surface area contributed by atoms with Gasteiger partial charge in [0.25, 0.3) is 0 Å². The number of amides is 2. The van der Waals surface area contributed by atoms with E-state index in [0.29, 0.717) is 38.6 Å². The Labute approximate surface area is 247 Å². The Morgan fingerprint density at radius 3 is 2.02 bits per heavy atom. The molecule has 2 N–H and O–H groups in total. The van der Waals surface area contributed by atoms with Crippen LogP contribution in [0.1, 0.15) is 52.4 Å². The van der Waals surface area contributed by atoms with Crippen molar-refractivity contribution in [3.05, 3.63) is 0 Å². The van der Waals surface area contributed by atoms with Crippen LogP contribution in [0.3, 0.4) is 0 Å². The maximum atomic E-state index is 12.6. The van der Waals surface area contributed by atoms with Crippen molar-refractivity contribution in [2.45, 2.75) is 110 Å². The number of fused-ring (bicyclic) bond motifs is 2. The van der Waals surface area contributed by atoms with Crippen LogP contribution in [0.15, 0.2) is 0 Å². The summed E-state index contributed by atoms with van der Waals surface area (Å²) in [6, 6.07) is 1.08. The molecular formula is C29H60N2O6Si3. The van der Waals surface area contributed by atoms with Gasteiger partial charge in [0.15, 0.2) is 16.6 Å². The first kappa shape index (κ1) is 35.3. The highest BCUT2D eigenvalue weighted by Crippen LogP contribution is 2.48. The number of nitrogens with one attached hydrogen (secondary N) is 2. The highest BCUT2D eigenvalue weighted by molar-refractivity contribution is 6.96. The summed E-state index contributed by atoms with van der Waals surface area (Å²) in [6.45, 7) is 22.9. The average Bonchev–Trinajstić information content (AvgIpc) is 3.45. The fourth-order valence-corrected chi connectivity index (χ4v) is 24.7. The third-order valence-electron chi connectivity index (χ3n) is 8.34. The van der Waals surface area contributed by atoms with E-state index in [1.807, 2.05) is 13.8 Å². The van der Waals surface area contributed by atoms with E-state index in [1.165, 1.54) is 31.4 Å². The van der Waals surface area contributed by atoms with Crippen LogP contribution in [0, 0.1) is 23.2 Å². The van der Waals surface area contributed by atoms with Crippen molar-refractivity contribution in [2.24, 2.45) is 23.2 Å². The molecule has 2 rings (SSSR count). The Kier molecular flexibility index (Phi) is 13.7. The first-order chi connectivity index (χ1) is 18.6. The summed E-state index contributed by atoms with van der Waals surface area (Å²) in [5.41, 5.74) is 0.664. The molecule has 2 saturated carbocycles. The zero-order chi connectivity index (χ0) is 30.0. The van der Waals surface area contributed by atoms with Gasteiger partial charge in [-0.05, 0) is 94.7 Å². The van der Waals surface area contributed by atoms with E-state index in [9.17, 15) is 9.59 Å². The normalized spacial score (nSPS) is 23.8. The third kappa shape index (κ3) is 13.0. The van der Waals surface area contributed by atoms with Crippen molar-refractivity contribution in [3.8, 4) is 0 Å². The summed E-state index contributed by atoms with van der Waals surface area (Å²) in [5.74, 6) is 2.18. The van der Waals surface area contributed by atoms with Crippen molar-refractivity contribution in [1.82, 2.24) is 10.6 Å². The lowest BCUT2D eigenvalue weighted by molar-refractivity contribution is -0.0383. The second kappa shape index (κ2) is 15.5. The molecule has 40 heavy (non-hydrogen) atoms. The minimum absolute atomic E-state index is 0.135. The molecule has 2 fully saturated rings. The molecule has 2 bridgehead atoms. The zero-order valence-corrected chi connectivity index (χ0v) is 30.1. The number of alkyl carbamates (subject to hydrolysis) is 2. The lowest BCUT2D eigenvalue weighted by atomic mass is 9.88. The molecule has 0 aromatic carbocycles. The van der Waals surface area contributed by atoms with Crippen LogP contribution >= 0.6 is 0 Å². The van der Waals surface area contributed by atoms with Gasteiger partial charge in [-0.1, -0.05) is 33.0 Å². The number of carbonyl (C=O) groups excluding carboxylic acids is 2. The summed E-state index contributed by atoms with van der Waals surface area (Å²) >= 11 is 0. The number of carbonyl (C=O) groups is 2. The fraction of sp³-hybridized carbons (Fsp3) is 0.931. The summed E-state index contributed by atoms with van der Waals surface area (Å²) in [6.07, 6.45) is 5.93. The van der Waals surface area contributed by atoms with Crippen molar-refractivity contribution in [3.63, 3.8) is 0 Å². The van der Waals surface area contributed by atoms with Crippen LogP contribution in [-0.4, -0.2) is 76.4 Å². The molecule has 8 nitrogen and oxygen atoms in total. The van der Waals surface area contributed by atoms with E-state index in [4.69, 9.17) is 18.3 Å². The van der Waals surface area contributed by atoms with Gasteiger partial charge in [-0.25, -0.2) is 9.59 Å². The molecule has 11 heteroatoms. The number of ether oxygens (including phenoxy) is 3. The molecule has 2 amide bonds. The lowest BCUT2D eigenvalue weighted by Gasteiger charge is -2.38. The lowest BCUT2D eigenvalue weighted by Crippen LogP contribution is -2.49. The SMILES string of the molecule is CCNC(=O)OCC(CC)(COCCC[Si](C)(C[Si](C)(C)C)O[Si](C)(C)C)COC(=O)NCC1CC2CCC1C2. The Hall–Kier alpha value is -0.889. The predicted octanol–water partition coefficient (Wildman–Crippen LogP) is 7.00. The summed E-state index contributed by atoms with van der Waals surface area (Å²) in [5, 5.41) is 5.67. The van der Waals surface area contributed by atoms with Crippen LogP contribution in [0.25, 0.3) is 0 Å². The zero-order valence-electron chi connectivity index (χ0n) is 27.1. The molecule has 5 unspecified atom stereocenters. The van der Waals surface area contributed by atoms with Crippen LogP contribution in [0.4, 0.5) is 9.59 Å². The highest BCUT2D eigenvalue weighted by Gasteiger charge is 2.40. The smallest absolute Gasteiger partial charge is 0.407 e. The topological polar surface area (TPSA) is 95.1 Å². The van der Waals surface area contributed by atoms with E-state index in [1.54, 1.807) is 0 Å². The van der Waals surface area contributed by atoms with Crippen molar-refractivity contribution < 1.29 is 27.9 Å². The molecule has 234 valence electrons. The van der Waals surface area contributed by atoms with Crippen molar-refractivity contribution in [2.75, 3.05) is 39.5 Å². The molecule has 0 heterocycles. The molecule has 0 spiro atoms. The molecule has 2 aliphatic rings. The Morgan fingerprint density at radius 2 is 1.52 bits per heavy atom. The van der Waals surface area contributed by atoms with Gasteiger partial charge >= 0.3 is 12.2 Å². The van der Waals surface area contributed by atoms with Gasteiger partial charge in [-0.2, -0.15) is 0 Å². The maximum absolute atomic E-state index is 12.6. The van der Waals surface area contributed by atoms with Crippen LogP contribution in [0.5, 0.6) is 0 Å². The number of hydrogen-bond acceptors (Lipinski definition) is 6. The number of hydrogen-bond donors (Lipinski definition) is 2. The highest BCUT2D eigenvalue weighted by atomic mass is 28.4. The molecule has 0 radical (unpaired) electrons. The Balaban J connectivity index is 1.90. The molecule has 0 aromatic rings. The van der Waals surface area contributed by atoms with Gasteiger partial charge in [-0.15, -0.1) is 0 Å². The second-order valence-electron chi connectivity index (χ2n) is 14.9. The van der Waals surface area contributed by atoms with Gasteiger partial charge < -0.3 is 29.0 Å².